The molecule has 0 spiro atoms. The summed E-state index contributed by atoms with van der Waals surface area (Å²) in [5.41, 5.74) is -0.203. The molecule has 1 fully saturated rings. The van der Waals surface area contributed by atoms with E-state index in [0.717, 1.165) is 38.1 Å². The van der Waals surface area contributed by atoms with E-state index in [9.17, 15) is 13.6 Å². The molecule has 0 bridgehead atoms. The van der Waals surface area contributed by atoms with Crippen molar-refractivity contribution in [2.24, 2.45) is 0 Å². The summed E-state index contributed by atoms with van der Waals surface area (Å²) in [5, 5.41) is 6.11. The van der Waals surface area contributed by atoms with Crippen molar-refractivity contribution in [3.63, 3.8) is 0 Å². The van der Waals surface area contributed by atoms with Gasteiger partial charge in [0, 0.05) is 10.0 Å². The lowest BCUT2D eigenvalue weighted by Gasteiger charge is -2.35. The number of hydrogen-bond donors (Lipinski definition) is 2. The maximum absolute atomic E-state index is 13.2. The largest absolute Gasteiger partial charge is 0.347 e. The molecular formula is C13H15BrF2N2O. The molecule has 19 heavy (non-hydrogen) atoms. The zero-order valence-electron chi connectivity index (χ0n) is 10.5. The van der Waals surface area contributed by atoms with Gasteiger partial charge in [-0.1, -0.05) is 0 Å². The van der Waals surface area contributed by atoms with Crippen LogP contribution < -0.4 is 10.6 Å². The SMILES string of the molecule is CC1(NC(=O)c2cc(F)c(F)cc2Br)CCNCC1. The average molecular weight is 333 g/mol. The molecule has 0 aliphatic carbocycles. The number of piperidine rings is 1. The Balaban J connectivity index is 2.18. The lowest BCUT2D eigenvalue weighted by molar-refractivity contribution is 0.0886. The fraction of sp³-hybridized carbons (Fsp3) is 0.462. The van der Waals surface area contributed by atoms with Crippen molar-refractivity contribution in [3.8, 4) is 0 Å². The molecule has 104 valence electrons. The highest BCUT2D eigenvalue weighted by atomic mass is 79.9. The molecule has 1 aromatic carbocycles. The van der Waals surface area contributed by atoms with Crippen molar-refractivity contribution in [1.82, 2.24) is 10.6 Å². The van der Waals surface area contributed by atoms with Crippen LogP contribution in [0.15, 0.2) is 16.6 Å². The number of nitrogens with one attached hydrogen (secondary N) is 2. The van der Waals surface area contributed by atoms with E-state index in [2.05, 4.69) is 26.6 Å². The monoisotopic (exact) mass is 332 g/mol. The molecule has 0 atom stereocenters. The van der Waals surface area contributed by atoms with Gasteiger partial charge in [-0.2, -0.15) is 0 Å². The highest BCUT2D eigenvalue weighted by molar-refractivity contribution is 9.10. The highest BCUT2D eigenvalue weighted by Crippen LogP contribution is 2.23. The third-order valence-electron chi connectivity index (χ3n) is 3.38. The van der Waals surface area contributed by atoms with Gasteiger partial charge in [0.1, 0.15) is 0 Å². The quantitative estimate of drug-likeness (QED) is 0.817. The Bertz CT molecular complexity index is 502. The molecule has 1 aromatic rings. The summed E-state index contributed by atoms with van der Waals surface area (Å²) in [6, 6.07) is 1.88. The molecule has 6 heteroatoms. The van der Waals surface area contributed by atoms with Gasteiger partial charge in [0.2, 0.25) is 0 Å². The predicted octanol–water partition coefficient (Wildman–Crippen LogP) is 2.60. The molecule has 2 N–H and O–H groups in total. The first-order chi connectivity index (χ1) is 8.91. The summed E-state index contributed by atoms with van der Waals surface area (Å²) in [6.07, 6.45) is 1.61. The number of amides is 1. The van der Waals surface area contributed by atoms with Gasteiger partial charge in [0.15, 0.2) is 11.6 Å². The highest BCUT2D eigenvalue weighted by Gasteiger charge is 2.29. The van der Waals surface area contributed by atoms with E-state index in [0.29, 0.717) is 0 Å². The van der Waals surface area contributed by atoms with E-state index in [-0.39, 0.29) is 15.6 Å². The predicted molar refractivity (Wildman–Crippen MR) is 72.0 cm³/mol. The zero-order chi connectivity index (χ0) is 14.0. The topological polar surface area (TPSA) is 41.1 Å². The van der Waals surface area contributed by atoms with Crippen molar-refractivity contribution >= 4 is 21.8 Å². The summed E-state index contributed by atoms with van der Waals surface area (Å²) in [4.78, 5) is 12.2. The number of carbonyl (C=O) groups excluding carboxylic acids is 1. The van der Waals surface area contributed by atoms with Crippen molar-refractivity contribution < 1.29 is 13.6 Å². The van der Waals surface area contributed by atoms with Crippen molar-refractivity contribution in [2.45, 2.75) is 25.3 Å². The molecule has 0 unspecified atom stereocenters. The Morgan fingerprint density at radius 3 is 2.53 bits per heavy atom. The van der Waals surface area contributed by atoms with E-state index >= 15 is 0 Å². The molecule has 1 heterocycles. The molecule has 1 aliphatic heterocycles. The Labute approximate surface area is 118 Å². The minimum atomic E-state index is -1.02. The first-order valence-corrected chi connectivity index (χ1v) is 6.88. The lowest BCUT2D eigenvalue weighted by atomic mass is 9.90. The first kappa shape index (κ1) is 14.4. The normalized spacial score (nSPS) is 18.1. The number of carbonyl (C=O) groups is 1. The molecule has 0 aromatic heterocycles. The summed E-state index contributed by atoms with van der Waals surface area (Å²) < 4.78 is 26.5. The van der Waals surface area contributed by atoms with Crippen LogP contribution in [0, 0.1) is 11.6 Å². The Morgan fingerprint density at radius 1 is 1.32 bits per heavy atom. The fourth-order valence-corrected chi connectivity index (χ4v) is 2.64. The van der Waals surface area contributed by atoms with Crippen molar-refractivity contribution in [1.29, 1.82) is 0 Å². The first-order valence-electron chi connectivity index (χ1n) is 6.09. The van der Waals surface area contributed by atoms with Crippen molar-refractivity contribution in [2.75, 3.05) is 13.1 Å². The minimum absolute atomic E-state index is 0.110. The molecule has 3 nitrogen and oxygen atoms in total. The Morgan fingerprint density at radius 2 is 1.89 bits per heavy atom. The molecule has 1 aliphatic rings. The van der Waals surface area contributed by atoms with E-state index in [1.54, 1.807) is 0 Å². The summed E-state index contributed by atoms with van der Waals surface area (Å²) >= 11 is 3.08. The van der Waals surface area contributed by atoms with E-state index < -0.39 is 17.5 Å². The maximum atomic E-state index is 13.2. The van der Waals surface area contributed by atoms with Gasteiger partial charge >= 0.3 is 0 Å². The van der Waals surface area contributed by atoms with Crippen LogP contribution in [-0.4, -0.2) is 24.5 Å². The summed E-state index contributed by atoms with van der Waals surface area (Å²) in [5.74, 6) is -2.39. The standard InChI is InChI=1S/C13H15BrF2N2O/c1-13(2-4-17-5-3-13)18-12(19)8-6-10(15)11(16)7-9(8)14/h6-7,17H,2-5H2,1H3,(H,18,19). The van der Waals surface area contributed by atoms with Gasteiger partial charge in [-0.3, -0.25) is 4.79 Å². The van der Waals surface area contributed by atoms with E-state index in [1.807, 2.05) is 6.92 Å². The van der Waals surface area contributed by atoms with Gasteiger partial charge in [0.05, 0.1) is 5.56 Å². The second-order valence-corrected chi connectivity index (χ2v) is 5.87. The Hall–Kier alpha value is -1.01. The van der Waals surface area contributed by atoms with Gasteiger partial charge in [-0.25, -0.2) is 8.78 Å². The fourth-order valence-electron chi connectivity index (χ4n) is 2.14. The molecule has 0 radical (unpaired) electrons. The summed E-state index contributed by atoms with van der Waals surface area (Å²) in [6.45, 7) is 3.62. The molecule has 0 saturated carbocycles. The van der Waals surface area contributed by atoms with Crippen LogP contribution in [0.1, 0.15) is 30.1 Å². The number of rotatable bonds is 2. The third-order valence-corrected chi connectivity index (χ3v) is 4.03. The molecule has 1 saturated heterocycles. The van der Waals surface area contributed by atoms with Crippen LogP contribution in [0.3, 0.4) is 0 Å². The van der Waals surface area contributed by atoms with Gasteiger partial charge in [0.25, 0.3) is 5.91 Å². The summed E-state index contributed by atoms with van der Waals surface area (Å²) in [7, 11) is 0. The van der Waals surface area contributed by atoms with Gasteiger partial charge in [-0.05, 0) is 60.9 Å². The van der Waals surface area contributed by atoms with Gasteiger partial charge < -0.3 is 10.6 Å². The van der Waals surface area contributed by atoms with Crippen LogP contribution in [0.25, 0.3) is 0 Å². The lowest BCUT2D eigenvalue weighted by Crippen LogP contribution is -2.52. The third kappa shape index (κ3) is 3.30. The smallest absolute Gasteiger partial charge is 0.252 e. The zero-order valence-corrected chi connectivity index (χ0v) is 12.1. The van der Waals surface area contributed by atoms with E-state index in [4.69, 9.17) is 0 Å². The molecule has 2 rings (SSSR count). The number of halogens is 3. The van der Waals surface area contributed by atoms with Crippen LogP contribution in [0.4, 0.5) is 8.78 Å². The number of benzene rings is 1. The maximum Gasteiger partial charge on any atom is 0.252 e. The minimum Gasteiger partial charge on any atom is -0.347 e. The van der Waals surface area contributed by atoms with Crippen LogP contribution in [-0.2, 0) is 0 Å². The molecule has 1 amide bonds. The van der Waals surface area contributed by atoms with E-state index in [1.165, 1.54) is 0 Å². The average Bonchev–Trinajstić information content (AvgIpc) is 2.34. The second kappa shape index (κ2) is 5.54. The molecular weight excluding hydrogens is 318 g/mol. The Kier molecular flexibility index (Phi) is 4.20. The van der Waals surface area contributed by atoms with Crippen molar-refractivity contribution in [3.05, 3.63) is 33.8 Å². The number of hydrogen-bond acceptors (Lipinski definition) is 2. The van der Waals surface area contributed by atoms with Crippen LogP contribution in [0.5, 0.6) is 0 Å². The van der Waals surface area contributed by atoms with Crippen LogP contribution >= 0.6 is 15.9 Å². The second-order valence-electron chi connectivity index (χ2n) is 5.01. The van der Waals surface area contributed by atoms with Gasteiger partial charge in [-0.15, -0.1) is 0 Å². The van der Waals surface area contributed by atoms with Crippen LogP contribution in [0.2, 0.25) is 0 Å².